The fourth-order valence-electron chi connectivity index (χ4n) is 3.22. The van der Waals surface area contributed by atoms with E-state index in [4.69, 9.17) is 9.47 Å². The molecule has 2 atom stereocenters. The molecule has 120 valence electrons. The van der Waals surface area contributed by atoms with Gasteiger partial charge in [0.2, 0.25) is 0 Å². The highest BCUT2D eigenvalue weighted by Crippen LogP contribution is 2.39. The molecular formula is C15H18BrNO5. The fourth-order valence-corrected chi connectivity index (χ4v) is 3.74. The Hall–Kier alpha value is -1.34. The molecule has 0 saturated carbocycles. The summed E-state index contributed by atoms with van der Waals surface area (Å²) >= 11 is 3.25. The second-order valence-corrected chi connectivity index (χ2v) is 7.05. The Balaban J connectivity index is 1.98. The van der Waals surface area contributed by atoms with Gasteiger partial charge in [0.05, 0.1) is 10.4 Å². The maximum atomic E-state index is 12.5. The third-order valence-electron chi connectivity index (χ3n) is 4.18. The van der Waals surface area contributed by atoms with Gasteiger partial charge in [-0.3, -0.25) is 9.69 Å². The Morgan fingerprint density at radius 3 is 2.50 bits per heavy atom. The van der Waals surface area contributed by atoms with Crippen LogP contribution in [0.25, 0.3) is 0 Å². The van der Waals surface area contributed by atoms with Crippen LogP contribution in [0, 0.1) is 5.92 Å². The number of halogens is 1. The molecule has 0 aromatic carbocycles. The van der Waals surface area contributed by atoms with Gasteiger partial charge in [-0.05, 0) is 47.9 Å². The summed E-state index contributed by atoms with van der Waals surface area (Å²) in [7, 11) is 0. The first kappa shape index (κ1) is 15.6. The van der Waals surface area contributed by atoms with E-state index in [-0.39, 0.29) is 17.4 Å². The lowest BCUT2D eigenvalue weighted by Gasteiger charge is -2.34. The maximum Gasteiger partial charge on any atom is 0.345 e. The number of ether oxygens (including phenoxy) is 2. The summed E-state index contributed by atoms with van der Waals surface area (Å²) in [6.45, 7) is 4.78. The molecular weight excluding hydrogens is 354 g/mol. The lowest BCUT2D eigenvalue weighted by molar-refractivity contribution is -0.223. The number of aliphatic hydroxyl groups excluding tert-OH is 1. The third-order valence-corrected chi connectivity index (χ3v) is 4.84. The predicted molar refractivity (Wildman–Crippen MR) is 81.0 cm³/mol. The normalized spacial score (nSPS) is 32.0. The number of aliphatic hydroxyl groups is 1. The number of hydrogen-bond donors (Lipinski definition) is 1. The summed E-state index contributed by atoms with van der Waals surface area (Å²) in [6.07, 6.45) is 3.91. The number of likely N-dealkylation sites (tertiary alicyclic amines) is 1. The number of Topliss-reactive ketones (excluding diaryl/α,β-unsaturated/α-hetero) is 1. The van der Waals surface area contributed by atoms with Crippen molar-refractivity contribution in [3.8, 4) is 0 Å². The summed E-state index contributed by atoms with van der Waals surface area (Å²) in [5.41, 5.74) is -0.0908. The smallest absolute Gasteiger partial charge is 0.345 e. The van der Waals surface area contributed by atoms with Crippen LogP contribution in [0.2, 0.25) is 0 Å². The van der Waals surface area contributed by atoms with E-state index >= 15 is 0 Å². The van der Waals surface area contributed by atoms with Crippen molar-refractivity contribution < 1.29 is 24.2 Å². The molecule has 0 spiro atoms. The molecule has 7 heteroatoms. The van der Waals surface area contributed by atoms with E-state index in [0.717, 1.165) is 25.9 Å². The van der Waals surface area contributed by atoms with Crippen LogP contribution in [-0.4, -0.2) is 46.7 Å². The number of rotatable bonds is 2. The first-order chi connectivity index (χ1) is 10.3. The lowest BCUT2D eigenvalue weighted by Crippen LogP contribution is -2.45. The molecule has 0 bridgehead atoms. The molecule has 2 unspecified atom stereocenters. The number of allylic oxidation sites excluding steroid dienone is 1. The van der Waals surface area contributed by atoms with E-state index < -0.39 is 23.6 Å². The molecule has 3 rings (SSSR count). The minimum absolute atomic E-state index is 0.0908. The van der Waals surface area contributed by atoms with Crippen molar-refractivity contribution in [2.24, 2.45) is 5.92 Å². The van der Waals surface area contributed by atoms with Crippen molar-refractivity contribution in [2.75, 3.05) is 13.1 Å². The number of cyclic esters (lactones) is 1. The summed E-state index contributed by atoms with van der Waals surface area (Å²) in [4.78, 5) is 26.9. The van der Waals surface area contributed by atoms with Gasteiger partial charge >= 0.3 is 5.97 Å². The molecule has 1 saturated heterocycles. The van der Waals surface area contributed by atoms with E-state index in [0.29, 0.717) is 4.48 Å². The monoisotopic (exact) mass is 371 g/mol. The van der Waals surface area contributed by atoms with Crippen LogP contribution < -0.4 is 0 Å². The van der Waals surface area contributed by atoms with Gasteiger partial charge in [0, 0.05) is 19.9 Å². The van der Waals surface area contributed by atoms with Crippen LogP contribution >= 0.6 is 15.9 Å². The zero-order valence-corrected chi connectivity index (χ0v) is 14.1. The molecule has 1 N–H and O–H groups in total. The molecule has 2 heterocycles. The predicted octanol–water partition coefficient (Wildman–Crippen LogP) is 2.01. The van der Waals surface area contributed by atoms with Gasteiger partial charge in [-0.15, -0.1) is 0 Å². The molecule has 1 fully saturated rings. The van der Waals surface area contributed by atoms with Crippen LogP contribution in [-0.2, 0) is 19.1 Å². The Bertz CT molecular complexity index is 589. The van der Waals surface area contributed by atoms with Crippen molar-refractivity contribution in [1.82, 2.24) is 4.90 Å². The van der Waals surface area contributed by atoms with E-state index in [1.54, 1.807) is 6.08 Å². The van der Waals surface area contributed by atoms with Crippen molar-refractivity contribution in [2.45, 2.75) is 38.5 Å². The van der Waals surface area contributed by atoms with Gasteiger partial charge in [0.15, 0.2) is 5.78 Å². The third kappa shape index (κ3) is 2.56. The maximum absolute atomic E-state index is 12.5. The van der Waals surface area contributed by atoms with Gasteiger partial charge < -0.3 is 14.6 Å². The second kappa shape index (κ2) is 5.38. The Morgan fingerprint density at radius 1 is 1.27 bits per heavy atom. The van der Waals surface area contributed by atoms with Crippen LogP contribution in [0.5, 0.6) is 0 Å². The van der Waals surface area contributed by atoms with Crippen LogP contribution in [0.15, 0.2) is 22.1 Å². The molecule has 0 amide bonds. The number of nitrogens with zero attached hydrogens (tertiary/aromatic N) is 1. The molecule has 0 aromatic rings. The fraction of sp³-hybridized carbons (Fsp3) is 0.600. The lowest BCUT2D eigenvalue weighted by atomic mass is 9.91. The Labute approximate surface area is 136 Å². The molecule has 0 radical (unpaired) electrons. The standard InChI is InChI=1S/C15H18BrNO5/c1-15(2)21-13(19)11(14(20)22-15)10-9(7-8(16)12(10)18)17-5-3-4-6-17/h7,9-10,19H,3-6H2,1-2H3. The topological polar surface area (TPSA) is 76.1 Å². The molecule has 3 aliphatic rings. The summed E-state index contributed by atoms with van der Waals surface area (Å²) in [6, 6.07) is -0.265. The van der Waals surface area contributed by atoms with Crippen molar-refractivity contribution in [1.29, 1.82) is 0 Å². The van der Waals surface area contributed by atoms with Gasteiger partial charge in [-0.2, -0.15) is 0 Å². The van der Waals surface area contributed by atoms with Crippen LogP contribution in [0.4, 0.5) is 0 Å². The van der Waals surface area contributed by atoms with Gasteiger partial charge in [0.1, 0.15) is 5.57 Å². The Kier molecular flexibility index (Phi) is 3.81. The number of esters is 1. The van der Waals surface area contributed by atoms with Crippen LogP contribution in [0.1, 0.15) is 26.7 Å². The molecule has 2 aliphatic heterocycles. The highest BCUT2D eigenvalue weighted by Gasteiger charge is 2.49. The van der Waals surface area contributed by atoms with E-state index in [1.165, 1.54) is 13.8 Å². The van der Waals surface area contributed by atoms with Gasteiger partial charge in [-0.25, -0.2) is 4.79 Å². The number of hydrogen-bond acceptors (Lipinski definition) is 6. The van der Waals surface area contributed by atoms with Gasteiger partial charge in [0.25, 0.3) is 11.7 Å². The first-order valence-electron chi connectivity index (χ1n) is 7.31. The second-order valence-electron chi connectivity index (χ2n) is 6.20. The van der Waals surface area contributed by atoms with Gasteiger partial charge in [-0.1, -0.05) is 0 Å². The highest BCUT2D eigenvalue weighted by atomic mass is 79.9. The average Bonchev–Trinajstić information content (AvgIpc) is 3.00. The number of carbonyl (C=O) groups is 2. The summed E-state index contributed by atoms with van der Waals surface area (Å²) in [5, 5.41) is 10.1. The minimum atomic E-state index is -1.24. The summed E-state index contributed by atoms with van der Waals surface area (Å²) < 4.78 is 10.8. The van der Waals surface area contributed by atoms with Crippen molar-refractivity contribution in [3.05, 3.63) is 22.1 Å². The molecule has 22 heavy (non-hydrogen) atoms. The van der Waals surface area contributed by atoms with Crippen molar-refractivity contribution >= 4 is 27.7 Å². The first-order valence-corrected chi connectivity index (χ1v) is 8.10. The number of ketones is 1. The van der Waals surface area contributed by atoms with E-state index in [2.05, 4.69) is 20.8 Å². The summed E-state index contributed by atoms with van der Waals surface area (Å²) in [5.74, 6) is -3.48. The Morgan fingerprint density at radius 2 is 1.91 bits per heavy atom. The zero-order chi connectivity index (χ0) is 16.1. The van der Waals surface area contributed by atoms with Crippen molar-refractivity contribution in [3.63, 3.8) is 0 Å². The van der Waals surface area contributed by atoms with E-state index in [9.17, 15) is 14.7 Å². The quantitative estimate of drug-likeness (QED) is 0.748. The molecule has 1 aliphatic carbocycles. The minimum Gasteiger partial charge on any atom is -0.480 e. The van der Waals surface area contributed by atoms with E-state index in [1.807, 2.05) is 0 Å². The molecule has 0 aromatic heterocycles. The number of carbonyl (C=O) groups excluding carboxylic acids is 2. The largest absolute Gasteiger partial charge is 0.480 e. The SMILES string of the molecule is CC1(C)OC(=O)C(C2C(=O)C(Br)=CC2N2CCCC2)=C(O)O1. The zero-order valence-electron chi connectivity index (χ0n) is 12.5. The molecule has 6 nitrogen and oxygen atoms in total. The average molecular weight is 372 g/mol. The van der Waals surface area contributed by atoms with Crippen LogP contribution in [0.3, 0.4) is 0 Å². The highest BCUT2D eigenvalue weighted by molar-refractivity contribution is 9.12.